The molecule has 0 aromatic carbocycles. The Kier molecular flexibility index (Phi) is 5.32. The summed E-state index contributed by atoms with van der Waals surface area (Å²) in [5.41, 5.74) is 0. The van der Waals surface area contributed by atoms with Crippen molar-refractivity contribution in [3.63, 3.8) is 0 Å². The summed E-state index contributed by atoms with van der Waals surface area (Å²) in [6.07, 6.45) is 7.35. The summed E-state index contributed by atoms with van der Waals surface area (Å²) in [6.45, 7) is 5.45. The first-order chi connectivity index (χ1) is 4.35. The van der Waals surface area contributed by atoms with Crippen LogP contribution in [0.5, 0.6) is 0 Å². The Morgan fingerprint density at radius 3 is 2.67 bits per heavy atom. The summed E-state index contributed by atoms with van der Waals surface area (Å²) in [5.74, 6) is 0. The second-order valence-electron chi connectivity index (χ2n) is 1.36. The lowest BCUT2D eigenvalue weighted by Crippen LogP contribution is -1.73. The lowest BCUT2D eigenvalue weighted by molar-refractivity contribution is 1.61. The second kappa shape index (κ2) is 5.63. The summed E-state index contributed by atoms with van der Waals surface area (Å²) < 4.78 is 0. The first-order valence-electron chi connectivity index (χ1n) is 2.69. The van der Waals surface area contributed by atoms with Gasteiger partial charge in [0.05, 0.1) is 0 Å². The van der Waals surface area contributed by atoms with E-state index in [9.17, 15) is 0 Å². The molecule has 50 valence electrons. The molecule has 0 rings (SSSR count). The summed E-state index contributed by atoms with van der Waals surface area (Å²) in [5, 5.41) is 0. The Labute approximate surface area is 60.6 Å². The predicted molar refractivity (Wildman–Crippen MR) is 46.0 cm³/mol. The van der Waals surface area contributed by atoms with Crippen LogP contribution in [-0.4, -0.2) is 12.5 Å². The van der Waals surface area contributed by atoms with Gasteiger partial charge in [0.1, 0.15) is 0 Å². The minimum Gasteiger partial charge on any atom is -0.264 e. The van der Waals surface area contributed by atoms with Gasteiger partial charge in [0.25, 0.3) is 0 Å². The largest absolute Gasteiger partial charge is 0.264 e. The molecule has 0 atom stereocenters. The van der Waals surface area contributed by atoms with Crippen molar-refractivity contribution >= 4 is 18.0 Å². The topological polar surface area (TPSA) is 12.4 Å². The number of thioether (sulfide) groups is 1. The van der Waals surface area contributed by atoms with Crippen LogP contribution in [0.15, 0.2) is 28.8 Å². The molecule has 0 aliphatic carbocycles. The third kappa shape index (κ3) is 4.03. The molecule has 0 aliphatic rings. The average Bonchev–Trinajstić information content (AvgIpc) is 1.91. The van der Waals surface area contributed by atoms with Crippen molar-refractivity contribution in [3.05, 3.63) is 23.8 Å². The third-order valence-electron chi connectivity index (χ3n) is 0.827. The zero-order chi connectivity index (χ0) is 7.11. The normalized spacial score (nSPS) is 12.4. The fourth-order valence-electron chi connectivity index (χ4n) is 0.371. The molecule has 0 aromatic heterocycles. The maximum atomic E-state index is 3.86. The minimum atomic E-state index is 1.16. The number of hydrogen-bond acceptors (Lipinski definition) is 2. The number of allylic oxidation sites excluding steroid dienone is 2. The Balaban J connectivity index is 3.84. The van der Waals surface area contributed by atoms with E-state index in [4.69, 9.17) is 0 Å². The van der Waals surface area contributed by atoms with Crippen LogP contribution in [0.25, 0.3) is 0 Å². The van der Waals surface area contributed by atoms with E-state index in [1.165, 1.54) is 6.20 Å². The fourth-order valence-corrected chi connectivity index (χ4v) is 0.773. The van der Waals surface area contributed by atoms with Gasteiger partial charge in [0.2, 0.25) is 0 Å². The van der Waals surface area contributed by atoms with E-state index in [1.54, 1.807) is 18.0 Å². The molecule has 0 amide bonds. The predicted octanol–water partition coefficient (Wildman–Crippen LogP) is 2.47. The van der Waals surface area contributed by atoms with Gasteiger partial charge in [-0.3, -0.25) is 4.99 Å². The average molecular weight is 141 g/mol. The quantitative estimate of drug-likeness (QED) is 0.550. The standard InChI is InChI=1S/C7H11NS/c1-4-7(9-3)6-8-5-2/h4-6H,2H2,1,3H3/b7-4+,8-6-. The summed E-state index contributed by atoms with van der Waals surface area (Å²) in [7, 11) is 0. The molecule has 0 unspecified atom stereocenters. The molecule has 9 heavy (non-hydrogen) atoms. The van der Waals surface area contributed by atoms with Gasteiger partial charge in [0.15, 0.2) is 0 Å². The van der Waals surface area contributed by atoms with Gasteiger partial charge in [0, 0.05) is 17.3 Å². The van der Waals surface area contributed by atoms with Crippen molar-refractivity contribution in [1.29, 1.82) is 0 Å². The maximum absolute atomic E-state index is 3.86. The van der Waals surface area contributed by atoms with Crippen molar-refractivity contribution in [3.8, 4) is 0 Å². The van der Waals surface area contributed by atoms with Crippen molar-refractivity contribution in [2.45, 2.75) is 6.92 Å². The van der Waals surface area contributed by atoms with Crippen LogP contribution in [-0.2, 0) is 0 Å². The smallest absolute Gasteiger partial charge is 0.0400 e. The molecule has 0 spiro atoms. The number of rotatable bonds is 3. The minimum absolute atomic E-state index is 1.16. The molecule has 0 saturated carbocycles. The monoisotopic (exact) mass is 141 g/mol. The fraction of sp³-hybridized carbons (Fsp3) is 0.286. The van der Waals surface area contributed by atoms with Crippen LogP contribution < -0.4 is 0 Å². The molecule has 0 N–H and O–H groups in total. The highest BCUT2D eigenvalue weighted by Gasteiger charge is 1.82. The molecular weight excluding hydrogens is 130 g/mol. The van der Waals surface area contributed by atoms with Crippen LogP contribution >= 0.6 is 11.8 Å². The van der Waals surface area contributed by atoms with Crippen molar-refractivity contribution < 1.29 is 0 Å². The molecule has 0 fully saturated rings. The summed E-state index contributed by atoms with van der Waals surface area (Å²) in [6, 6.07) is 0. The van der Waals surface area contributed by atoms with E-state index < -0.39 is 0 Å². The first-order valence-corrected chi connectivity index (χ1v) is 3.92. The van der Waals surface area contributed by atoms with Gasteiger partial charge in [-0.05, 0) is 13.2 Å². The van der Waals surface area contributed by atoms with Crippen molar-refractivity contribution in [2.24, 2.45) is 4.99 Å². The molecule has 0 radical (unpaired) electrons. The third-order valence-corrected chi connectivity index (χ3v) is 1.64. The van der Waals surface area contributed by atoms with Gasteiger partial charge in [-0.15, -0.1) is 11.8 Å². The Morgan fingerprint density at radius 2 is 2.33 bits per heavy atom. The highest BCUT2D eigenvalue weighted by Crippen LogP contribution is 2.06. The highest BCUT2D eigenvalue weighted by atomic mass is 32.2. The second-order valence-corrected chi connectivity index (χ2v) is 2.24. The van der Waals surface area contributed by atoms with Crippen molar-refractivity contribution in [1.82, 2.24) is 0 Å². The summed E-state index contributed by atoms with van der Waals surface area (Å²) >= 11 is 1.67. The van der Waals surface area contributed by atoms with Gasteiger partial charge in [-0.2, -0.15) is 0 Å². The van der Waals surface area contributed by atoms with Crippen LogP contribution in [0.2, 0.25) is 0 Å². The maximum Gasteiger partial charge on any atom is 0.0400 e. The van der Waals surface area contributed by atoms with Crippen LogP contribution in [0, 0.1) is 0 Å². The molecule has 0 aromatic rings. The van der Waals surface area contributed by atoms with Crippen LogP contribution in [0.4, 0.5) is 0 Å². The van der Waals surface area contributed by atoms with E-state index in [0.717, 1.165) is 4.91 Å². The van der Waals surface area contributed by atoms with Gasteiger partial charge in [-0.1, -0.05) is 12.7 Å². The zero-order valence-electron chi connectivity index (χ0n) is 5.79. The number of aliphatic imine (C=N–C) groups is 1. The molecular formula is C7H11NS. The molecule has 0 bridgehead atoms. The van der Waals surface area contributed by atoms with Crippen LogP contribution in [0.1, 0.15) is 6.92 Å². The summed E-state index contributed by atoms with van der Waals surface area (Å²) in [4.78, 5) is 5.03. The first kappa shape index (κ1) is 8.50. The molecule has 0 saturated heterocycles. The SMILES string of the molecule is C=C/N=C\C(=C/C)SC. The lowest BCUT2D eigenvalue weighted by Gasteiger charge is -1.89. The van der Waals surface area contributed by atoms with E-state index >= 15 is 0 Å². The highest BCUT2D eigenvalue weighted by molar-refractivity contribution is 8.03. The van der Waals surface area contributed by atoms with Gasteiger partial charge < -0.3 is 0 Å². The molecule has 0 aliphatic heterocycles. The van der Waals surface area contributed by atoms with E-state index in [0.29, 0.717) is 0 Å². The Hall–Kier alpha value is -0.500. The number of nitrogens with zero attached hydrogens (tertiary/aromatic N) is 1. The number of hydrogen-bond donors (Lipinski definition) is 0. The van der Waals surface area contributed by atoms with E-state index in [1.807, 2.05) is 19.3 Å². The molecule has 0 heterocycles. The Bertz CT molecular complexity index is 136. The van der Waals surface area contributed by atoms with Crippen LogP contribution in [0.3, 0.4) is 0 Å². The van der Waals surface area contributed by atoms with Crippen molar-refractivity contribution in [2.75, 3.05) is 6.26 Å². The lowest BCUT2D eigenvalue weighted by atomic mass is 10.5. The van der Waals surface area contributed by atoms with E-state index in [2.05, 4.69) is 11.6 Å². The van der Waals surface area contributed by atoms with Gasteiger partial charge in [-0.25, -0.2) is 0 Å². The Morgan fingerprint density at radius 1 is 1.67 bits per heavy atom. The zero-order valence-corrected chi connectivity index (χ0v) is 6.61. The molecule has 1 nitrogen and oxygen atoms in total. The van der Waals surface area contributed by atoms with Gasteiger partial charge >= 0.3 is 0 Å². The van der Waals surface area contributed by atoms with E-state index in [-0.39, 0.29) is 0 Å². The molecule has 2 heteroatoms.